The molecule has 4 nitrogen and oxygen atoms in total. The van der Waals surface area contributed by atoms with Crippen LogP contribution < -0.4 is 4.74 Å². The Morgan fingerprint density at radius 2 is 2.06 bits per heavy atom. The molecule has 0 bridgehead atoms. The van der Waals surface area contributed by atoms with E-state index in [1.165, 1.54) is 0 Å². The van der Waals surface area contributed by atoms with Crippen LogP contribution in [0.15, 0.2) is 24.3 Å². The Morgan fingerprint density at radius 3 is 2.67 bits per heavy atom. The van der Waals surface area contributed by atoms with Crippen LogP contribution in [0.5, 0.6) is 5.75 Å². The number of nitrogens with zero attached hydrogens (tertiary/aromatic N) is 1. The van der Waals surface area contributed by atoms with Crippen molar-refractivity contribution in [2.75, 3.05) is 0 Å². The Balaban J connectivity index is 1.91. The van der Waals surface area contributed by atoms with Crippen LogP contribution in [0.3, 0.4) is 0 Å². The number of hydrogen-bond donors (Lipinski definition) is 1. The third-order valence-corrected chi connectivity index (χ3v) is 3.29. The SMILES string of the molecule is N#Cc1cccc(OC2CCC(C(=O)O)CC2)c1. The van der Waals surface area contributed by atoms with Gasteiger partial charge in [-0.25, -0.2) is 0 Å². The van der Waals surface area contributed by atoms with Crippen molar-refractivity contribution < 1.29 is 14.6 Å². The second-order valence-corrected chi connectivity index (χ2v) is 4.57. The van der Waals surface area contributed by atoms with Crippen LogP contribution in [0, 0.1) is 17.2 Å². The van der Waals surface area contributed by atoms with E-state index in [-0.39, 0.29) is 12.0 Å². The monoisotopic (exact) mass is 245 g/mol. The summed E-state index contributed by atoms with van der Waals surface area (Å²) in [6.07, 6.45) is 2.91. The van der Waals surface area contributed by atoms with Gasteiger partial charge in [0.2, 0.25) is 0 Å². The first kappa shape index (κ1) is 12.4. The maximum absolute atomic E-state index is 10.8. The van der Waals surface area contributed by atoms with Gasteiger partial charge >= 0.3 is 5.97 Å². The predicted molar refractivity (Wildman–Crippen MR) is 65.2 cm³/mol. The molecule has 2 rings (SSSR count). The van der Waals surface area contributed by atoms with Crippen molar-refractivity contribution in [2.45, 2.75) is 31.8 Å². The molecule has 0 radical (unpaired) electrons. The van der Waals surface area contributed by atoms with Crippen molar-refractivity contribution in [1.29, 1.82) is 5.26 Å². The Bertz CT molecular complexity index is 470. The second-order valence-electron chi connectivity index (χ2n) is 4.57. The van der Waals surface area contributed by atoms with Crippen molar-refractivity contribution >= 4 is 5.97 Å². The lowest BCUT2D eigenvalue weighted by molar-refractivity contribution is -0.143. The largest absolute Gasteiger partial charge is 0.490 e. The normalized spacial score (nSPS) is 23.1. The minimum absolute atomic E-state index is 0.0644. The zero-order chi connectivity index (χ0) is 13.0. The van der Waals surface area contributed by atoms with Gasteiger partial charge in [0.1, 0.15) is 5.75 Å². The van der Waals surface area contributed by atoms with Gasteiger partial charge in [0.05, 0.1) is 23.7 Å². The highest BCUT2D eigenvalue weighted by molar-refractivity contribution is 5.70. The van der Waals surface area contributed by atoms with Crippen LogP contribution in [0.2, 0.25) is 0 Å². The van der Waals surface area contributed by atoms with Crippen LogP contribution in [0.1, 0.15) is 31.2 Å². The van der Waals surface area contributed by atoms with Gasteiger partial charge in [-0.3, -0.25) is 4.79 Å². The predicted octanol–water partition coefficient (Wildman–Crippen LogP) is 2.58. The van der Waals surface area contributed by atoms with E-state index in [0.29, 0.717) is 24.2 Å². The molecule has 1 aromatic rings. The second kappa shape index (κ2) is 5.54. The lowest BCUT2D eigenvalue weighted by Crippen LogP contribution is -2.27. The molecule has 1 fully saturated rings. The van der Waals surface area contributed by atoms with E-state index in [9.17, 15) is 4.79 Å². The summed E-state index contributed by atoms with van der Waals surface area (Å²) in [6, 6.07) is 9.12. The Labute approximate surface area is 106 Å². The Kier molecular flexibility index (Phi) is 3.83. The van der Waals surface area contributed by atoms with Crippen LogP contribution in [0.25, 0.3) is 0 Å². The van der Waals surface area contributed by atoms with E-state index < -0.39 is 5.97 Å². The van der Waals surface area contributed by atoms with Crippen molar-refractivity contribution in [3.63, 3.8) is 0 Å². The molecule has 0 saturated heterocycles. The van der Waals surface area contributed by atoms with Crippen LogP contribution in [-0.4, -0.2) is 17.2 Å². The summed E-state index contributed by atoms with van der Waals surface area (Å²) in [4.78, 5) is 10.8. The van der Waals surface area contributed by atoms with Crippen molar-refractivity contribution in [2.24, 2.45) is 5.92 Å². The molecule has 1 N–H and O–H groups in total. The first-order valence-corrected chi connectivity index (χ1v) is 6.08. The summed E-state index contributed by atoms with van der Waals surface area (Å²) in [5, 5.41) is 17.7. The molecule has 1 aliphatic rings. The maximum atomic E-state index is 10.8. The highest BCUT2D eigenvalue weighted by atomic mass is 16.5. The van der Waals surface area contributed by atoms with E-state index in [0.717, 1.165) is 12.8 Å². The lowest BCUT2D eigenvalue weighted by Gasteiger charge is -2.26. The Hall–Kier alpha value is -2.02. The number of carboxylic acids is 1. The molecule has 0 atom stereocenters. The molecule has 0 aromatic heterocycles. The van der Waals surface area contributed by atoms with E-state index in [1.807, 2.05) is 6.07 Å². The van der Waals surface area contributed by atoms with Crippen molar-refractivity contribution in [1.82, 2.24) is 0 Å². The molecular weight excluding hydrogens is 230 g/mol. The van der Waals surface area contributed by atoms with Crippen LogP contribution >= 0.6 is 0 Å². The number of rotatable bonds is 3. The molecule has 0 aliphatic heterocycles. The quantitative estimate of drug-likeness (QED) is 0.888. The summed E-state index contributed by atoms with van der Waals surface area (Å²) < 4.78 is 5.78. The van der Waals surface area contributed by atoms with Gasteiger partial charge < -0.3 is 9.84 Å². The molecular formula is C14H15NO3. The van der Waals surface area contributed by atoms with Gasteiger partial charge in [0, 0.05) is 0 Å². The molecule has 18 heavy (non-hydrogen) atoms. The molecule has 0 unspecified atom stereocenters. The molecule has 4 heteroatoms. The number of carboxylic acid groups (broad SMARTS) is 1. The van der Waals surface area contributed by atoms with Crippen LogP contribution in [-0.2, 0) is 4.79 Å². The molecule has 0 spiro atoms. The molecule has 94 valence electrons. The van der Waals surface area contributed by atoms with Gasteiger partial charge in [-0.05, 0) is 43.9 Å². The van der Waals surface area contributed by atoms with E-state index >= 15 is 0 Å². The summed E-state index contributed by atoms with van der Waals surface area (Å²) in [6.45, 7) is 0. The molecule has 0 amide bonds. The fourth-order valence-electron chi connectivity index (χ4n) is 2.26. The van der Waals surface area contributed by atoms with Gasteiger partial charge in [-0.15, -0.1) is 0 Å². The minimum Gasteiger partial charge on any atom is -0.490 e. The third kappa shape index (κ3) is 3.01. The summed E-state index contributed by atoms with van der Waals surface area (Å²) in [7, 11) is 0. The summed E-state index contributed by atoms with van der Waals surface area (Å²) in [5.74, 6) is -0.247. The average molecular weight is 245 g/mol. The summed E-state index contributed by atoms with van der Waals surface area (Å²) in [5.41, 5.74) is 0.576. The standard InChI is InChI=1S/C14H15NO3/c15-9-10-2-1-3-13(8-10)18-12-6-4-11(5-7-12)14(16)17/h1-3,8,11-12H,4-7H2,(H,16,17). The average Bonchev–Trinajstić information content (AvgIpc) is 2.39. The zero-order valence-corrected chi connectivity index (χ0v) is 10.0. The molecule has 0 heterocycles. The van der Waals surface area contributed by atoms with Gasteiger partial charge in [-0.2, -0.15) is 5.26 Å². The number of benzene rings is 1. The minimum atomic E-state index is -0.708. The topological polar surface area (TPSA) is 70.3 Å². The maximum Gasteiger partial charge on any atom is 0.306 e. The summed E-state index contributed by atoms with van der Waals surface area (Å²) >= 11 is 0. The number of carbonyl (C=O) groups is 1. The highest BCUT2D eigenvalue weighted by Gasteiger charge is 2.26. The van der Waals surface area contributed by atoms with Crippen molar-refractivity contribution in [3.05, 3.63) is 29.8 Å². The smallest absolute Gasteiger partial charge is 0.306 e. The zero-order valence-electron chi connectivity index (χ0n) is 10.0. The number of ether oxygens (including phenoxy) is 1. The van der Waals surface area contributed by atoms with E-state index in [4.69, 9.17) is 15.1 Å². The number of nitriles is 1. The number of aliphatic carboxylic acids is 1. The molecule has 1 saturated carbocycles. The fourth-order valence-corrected chi connectivity index (χ4v) is 2.26. The molecule has 1 aromatic carbocycles. The lowest BCUT2D eigenvalue weighted by atomic mass is 9.87. The fraction of sp³-hybridized carbons (Fsp3) is 0.429. The van der Waals surface area contributed by atoms with Crippen LogP contribution in [0.4, 0.5) is 0 Å². The third-order valence-electron chi connectivity index (χ3n) is 3.29. The van der Waals surface area contributed by atoms with Gasteiger partial charge in [-0.1, -0.05) is 6.07 Å². The Morgan fingerprint density at radius 1 is 1.33 bits per heavy atom. The van der Waals surface area contributed by atoms with Crippen molar-refractivity contribution in [3.8, 4) is 11.8 Å². The number of hydrogen-bond acceptors (Lipinski definition) is 3. The first-order valence-electron chi connectivity index (χ1n) is 6.08. The van der Waals surface area contributed by atoms with E-state index in [1.54, 1.807) is 18.2 Å². The first-order chi connectivity index (χ1) is 8.69. The van der Waals surface area contributed by atoms with Gasteiger partial charge in [0.15, 0.2) is 0 Å². The van der Waals surface area contributed by atoms with E-state index in [2.05, 4.69) is 6.07 Å². The highest BCUT2D eigenvalue weighted by Crippen LogP contribution is 2.28. The van der Waals surface area contributed by atoms with Gasteiger partial charge in [0.25, 0.3) is 0 Å². The molecule has 1 aliphatic carbocycles.